The number of nitrogens with one attached hydrogen (secondary N) is 3. The number of aromatic nitrogens is 5. The summed E-state index contributed by atoms with van der Waals surface area (Å²) in [5.41, 5.74) is 5.47. The number of hydrogen-bond donors (Lipinski definition) is 5. The Morgan fingerprint density at radius 3 is 2.51 bits per heavy atom. The summed E-state index contributed by atoms with van der Waals surface area (Å²) in [5.74, 6) is -0.311. The van der Waals surface area contributed by atoms with E-state index in [-0.39, 0.29) is 61.5 Å². The van der Waals surface area contributed by atoms with Crippen LogP contribution in [0.15, 0.2) is 43.0 Å². The van der Waals surface area contributed by atoms with Crippen LogP contribution in [0, 0.1) is 0 Å². The molecule has 6 N–H and O–H groups in total. The van der Waals surface area contributed by atoms with Gasteiger partial charge in [0.05, 0.1) is 17.5 Å². The quantitative estimate of drug-likeness (QED) is 0.0884. The van der Waals surface area contributed by atoms with Crippen molar-refractivity contribution in [2.24, 2.45) is 5.73 Å². The lowest BCUT2D eigenvalue weighted by atomic mass is 10.0. The average molecular weight is 640 g/mol. The molecule has 0 spiro atoms. The molecule has 18 heteroatoms. The number of fused-ring (bicyclic) bond motifs is 1. The van der Waals surface area contributed by atoms with Crippen molar-refractivity contribution in [2.45, 2.75) is 38.9 Å². The minimum absolute atomic E-state index is 0.0104. The number of aryl methyl sites for hydroxylation is 1. The Hall–Kier alpha value is -5.13. The number of imidazole rings is 1. The maximum Gasteiger partial charge on any atom is 0.435 e. The Labute approximate surface area is 252 Å². The van der Waals surface area contributed by atoms with E-state index in [4.69, 9.17) is 15.6 Å². The highest BCUT2D eigenvalue weighted by Crippen LogP contribution is 2.37. The fourth-order valence-electron chi connectivity index (χ4n) is 4.27. The number of carbonyl (C=O) groups is 3. The van der Waals surface area contributed by atoms with Crippen molar-refractivity contribution in [3.05, 3.63) is 59.8 Å². The van der Waals surface area contributed by atoms with E-state index in [1.165, 1.54) is 23.0 Å². The van der Waals surface area contributed by atoms with Crippen molar-refractivity contribution in [3.63, 3.8) is 0 Å². The molecule has 0 fully saturated rings. The van der Waals surface area contributed by atoms with Crippen molar-refractivity contribution >= 4 is 35.4 Å². The molecule has 1 aromatic carbocycles. The van der Waals surface area contributed by atoms with Crippen molar-refractivity contribution in [1.29, 1.82) is 0 Å². The summed E-state index contributed by atoms with van der Waals surface area (Å²) in [5, 5.41) is 18.7. The van der Waals surface area contributed by atoms with Crippen LogP contribution in [0.4, 0.5) is 33.5 Å². The fraction of sp³-hybridized carbons (Fsp3) is 0.333. The molecule has 4 rings (SSSR count). The zero-order chi connectivity index (χ0) is 33.1. The first kappa shape index (κ1) is 34.4. The third-order valence-electron chi connectivity index (χ3n) is 6.16. The highest BCUT2D eigenvalue weighted by molar-refractivity contribution is 5.96. The third kappa shape index (κ3) is 8.94. The number of hydrogen-bond acceptors (Lipinski definition) is 8. The van der Waals surface area contributed by atoms with E-state index in [0.717, 1.165) is 6.20 Å². The molecule has 13 nitrogen and oxygen atoms in total. The van der Waals surface area contributed by atoms with Gasteiger partial charge in [-0.05, 0) is 30.2 Å². The van der Waals surface area contributed by atoms with Gasteiger partial charge >= 0.3 is 6.18 Å². The number of anilines is 2. The number of nitrogens with two attached hydrogens (primary N) is 1. The van der Waals surface area contributed by atoms with Crippen LogP contribution in [-0.2, 0) is 28.7 Å². The minimum Gasteiger partial charge on any atom is -0.483 e. The van der Waals surface area contributed by atoms with Gasteiger partial charge in [0, 0.05) is 55.9 Å². The van der Waals surface area contributed by atoms with Gasteiger partial charge in [0.15, 0.2) is 17.2 Å². The molecule has 4 aromatic rings. The lowest BCUT2D eigenvalue weighted by Gasteiger charge is -2.13. The average Bonchev–Trinajstić information content (AvgIpc) is 3.60. The molecule has 0 aliphatic heterocycles. The largest absolute Gasteiger partial charge is 0.483 e. The zero-order valence-electron chi connectivity index (χ0n) is 23.8. The van der Waals surface area contributed by atoms with Gasteiger partial charge in [0.2, 0.25) is 5.91 Å². The smallest absolute Gasteiger partial charge is 0.435 e. The van der Waals surface area contributed by atoms with Crippen LogP contribution in [0.5, 0.6) is 0 Å². The van der Waals surface area contributed by atoms with E-state index in [1.807, 2.05) is 6.92 Å². The van der Waals surface area contributed by atoms with Gasteiger partial charge < -0.3 is 26.8 Å². The number of nitrogens with zero attached hydrogens (tertiary/aromatic N) is 5. The van der Waals surface area contributed by atoms with Crippen LogP contribution in [0.2, 0.25) is 0 Å². The molecule has 0 saturated heterocycles. The Bertz CT molecular complexity index is 1620. The van der Waals surface area contributed by atoms with Crippen LogP contribution in [0.1, 0.15) is 35.0 Å². The van der Waals surface area contributed by atoms with Gasteiger partial charge in [-0.3, -0.25) is 23.5 Å². The van der Waals surface area contributed by atoms with Crippen LogP contribution in [-0.4, -0.2) is 73.6 Å². The van der Waals surface area contributed by atoms with Crippen LogP contribution >= 0.6 is 0 Å². The molecule has 0 bridgehead atoms. The molecular weight excluding hydrogens is 609 g/mol. The number of rotatable bonds is 12. The van der Waals surface area contributed by atoms with E-state index < -0.39 is 30.4 Å². The van der Waals surface area contributed by atoms with Crippen molar-refractivity contribution in [3.8, 4) is 11.3 Å². The lowest BCUT2D eigenvalue weighted by molar-refractivity contribution is -0.141. The molecule has 242 valence electrons. The monoisotopic (exact) mass is 639 g/mol. The number of halogens is 5. The first-order valence-corrected chi connectivity index (χ1v) is 13.4. The number of benzene rings is 1. The standard InChI is InChI=1S/C26H28F5N9O2.CH2O2/c1-2-15-11-16(3-4-17(15)25(42)35-8-7-33-21(41)5-6-32)37-23-24-36-12-19(40(24)10-9-34-23)18-13-39(14-20(27)28)38-22(18)26(29,30)31;2-1-3/h3-4,9-13,20H,2,5-8,14,32H2,1H3,(H,33,41)(H,34,37)(H,35,42);1H,(H,2,3). The predicted molar refractivity (Wildman–Crippen MR) is 152 cm³/mol. The topological polar surface area (TPSA) is 182 Å². The Balaban J connectivity index is 0.00000177. The molecule has 0 aliphatic rings. The predicted octanol–water partition coefficient (Wildman–Crippen LogP) is 3.08. The van der Waals surface area contributed by atoms with Crippen molar-refractivity contribution in [1.82, 2.24) is 34.8 Å². The van der Waals surface area contributed by atoms with Crippen LogP contribution < -0.4 is 21.7 Å². The summed E-state index contributed by atoms with van der Waals surface area (Å²) in [6, 6.07) is 5.00. The van der Waals surface area contributed by atoms with Gasteiger partial charge in [-0.2, -0.15) is 18.3 Å². The number of amides is 2. The Kier molecular flexibility index (Phi) is 11.9. The van der Waals surface area contributed by atoms with E-state index in [9.17, 15) is 31.5 Å². The molecule has 0 unspecified atom stereocenters. The number of alkyl halides is 5. The summed E-state index contributed by atoms with van der Waals surface area (Å²) in [6.45, 7) is 1.34. The van der Waals surface area contributed by atoms with Crippen molar-refractivity contribution < 1.29 is 41.4 Å². The summed E-state index contributed by atoms with van der Waals surface area (Å²) in [6.07, 6.45) is -2.21. The fourth-order valence-corrected chi connectivity index (χ4v) is 4.27. The first-order valence-electron chi connectivity index (χ1n) is 13.4. The SMILES string of the molecule is CCc1cc(Nc2nccn3c(-c4cn(CC(F)F)nc4C(F)(F)F)cnc23)ccc1C(=O)NCCNC(=O)CCN.O=CO. The first-order chi connectivity index (χ1) is 21.4. The van der Waals surface area contributed by atoms with Crippen LogP contribution in [0.3, 0.4) is 0 Å². The normalized spacial score (nSPS) is 11.2. The number of carbonyl (C=O) groups excluding carboxylic acids is 2. The van der Waals surface area contributed by atoms with E-state index in [0.29, 0.717) is 27.9 Å². The minimum atomic E-state index is -4.88. The van der Waals surface area contributed by atoms with E-state index in [1.54, 1.807) is 18.2 Å². The van der Waals surface area contributed by atoms with Crippen LogP contribution in [0.25, 0.3) is 16.9 Å². The number of carboxylic acid groups (broad SMARTS) is 1. The second-order valence-electron chi connectivity index (χ2n) is 9.22. The summed E-state index contributed by atoms with van der Waals surface area (Å²) >= 11 is 0. The molecule has 2 amide bonds. The van der Waals surface area contributed by atoms with Gasteiger partial charge in [-0.15, -0.1) is 0 Å². The van der Waals surface area contributed by atoms with E-state index >= 15 is 0 Å². The highest BCUT2D eigenvalue weighted by Gasteiger charge is 2.38. The van der Waals surface area contributed by atoms with Crippen molar-refractivity contribution in [2.75, 3.05) is 25.0 Å². The molecule has 45 heavy (non-hydrogen) atoms. The summed E-state index contributed by atoms with van der Waals surface area (Å²) < 4.78 is 68.7. The van der Waals surface area contributed by atoms with E-state index in [2.05, 4.69) is 31.0 Å². The molecule has 0 aliphatic carbocycles. The maximum atomic E-state index is 13.7. The lowest BCUT2D eigenvalue weighted by Crippen LogP contribution is -2.35. The Morgan fingerprint density at radius 2 is 1.87 bits per heavy atom. The van der Waals surface area contributed by atoms with Gasteiger partial charge in [-0.25, -0.2) is 18.7 Å². The Morgan fingerprint density at radius 1 is 1.16 bits per heavy atom. The van der Waals surface area contributed by atoms with Gasteiger partial charge in [0.1, 0.15) is 6.54 Å². The second-order valence-corrected chi connectivity index (χ2v) is 9.22. The molecule has 0 saturated carbocycles. The molecule has 0 radical (unpaired) electrons. The molecular formula is C27H30F5N9O4. The molecule has 0 atom stereocenters. The second kappa shape index (κ2) is 15.6. The maximum absolute atomic E-state index is 13.7. The molecule has 3 heterocycles. The zero-order valence-corrected chi connectivity index (χ0v) is 23.8. The summed E-state index contributed by atoms with van der Waals surface area (Å²) in [4.78, 5) is 41.1. The summed E-state index contributed by atoms with van der Waals surface area (Å²) in [7, 11) is 0. The highest BCUT2D eigenvalue weighted by atomic mass is 19.4. The van der Waals surface area contributed by atoms with Gasteiger partial charge in [-0.1, -0.05) is 6.92 Å². The molecule has 3 aromatic heterocycles. The third-order valence-corrected chi connectivity index (χ3v) is 6.16. The van der Waals surface area contributed by atoms with Gasteiger partial charge in [0.25, 0.3) is 18.8 Å².